The van der Waals surface area contributed by atoms with E-state index in [1.807, 2.05) is 24.3 Å². The van der Waals surface area contributed by atoms with Gasteiger partial charge in [-0.05, 0) is 70.9 Å². The van der Waals surface area contributed by atoms with Crippen LogP contribution in [0.2, 0.25) is 0 Å². The summed E-state index contributed by atoms with van der Waals surface area (Å²) in [6.07, 6.45) is -0.800. The van der Waals surface area contributed by atoms with E-state index in [-0.39, 0.29) is 30.7 Å². The van der Waals surface area contributed by atoms with Crippen LogP contribution in [0.5, 0.6) is 5.75 Å². The van der Waals surface area contributed by atoms with E-state index in [9.17, 15) is 14.4 Å². The van der Waals surface area contributed by atoms with Gasteiger partial charge in [-0.15, -0.1) is 0 Å². The van der Waals surface area contributed by atoms with E-state index in [0.29, 0.717) is 21.3 Å². The molecular weight excluding hydrogens is 476 g/mol. The van der Waals surface area contributed by atoms with Crippen LogP contribution >= 0.6 is 15.9 Å². The van der Waals surface area contributed by atoms with E-state index in [0.717, 1.165) is 5.56 Å². The fraction of sp³-hybridized carbons (Fsp3) is 0.125. The first-order chi connectivity index (χ1) is 15.5. The highest BCUT2D eigenvalue weighted by atomic mass is 79.9. The number of hydrogen-bond acceptors (Lipinski definition) is 5. The lowest BCUT2D eigenvalue weighted by Crippen LogP contribution is -2.24. The molecule has 0 spiro atoms. The van der Waals surface area contributed by atoms with Crippen molar-refractivity contribution in [3.05, 3.63) is 94.0 Å². The van der Waals surface area contributed by atoms with Crippen LogP contribution in [0, 0.1) is 0 Å². The van der Waals surface area contributed by atoms with Gasteiger partial charge in [-0.1, -0.05) is 30.3 Å². The normalized spacial score (nSPS) is 10.2. The Morgan fingerprint density at radius 3 is 2.28 bits per heavy atom. The second-order valence-corrected chi connectivity index (χ2v) is 7.44. The summed E-state index contributed by atoms with van der Waals surface area (Å²) in [5.74, 6) is -0.284. The van der Waals surface area contributed by atoms with Gasteiger partial charge >= 0.3 is 6.16 Å². The lowest BCUT2D eigenvalue weighted by molar-refractivity contribution is 0.0950. The van der Waals surface area contributed by atoms with Crippen molar-refractivity contribution in [1.82, 2.24) is 5.32 Å². The van der Waals surface area contributed by atoms with Crippen molar-refractivity contribution in [3.8, 4) is 5.75 Å². The molecule has 7 nitrogen and oxygen atoms in total. The van der Waals surface area contributed by atoms with E-state index in [1.54, 1.807) is 43.3 Å². The molecule has 3 aromatic carbocycles. The number of carbonyl (C=O) groups excluding carboxylic acids is 3. The molecule has 0 saturated heterocycles. The van der Waals surface area contributed by atoms with E-state index in [4.69, 9.17) is 9.47 Å². The molecule has 32 heavy (non-hydrogen) atoms. The first kappa shape index (κ1) is 23.0. The Labute approximate surface area is 193 Å². The molecule has 0 bridgehead atoms. The Morgan fingerprint density at radius 1 is 0.875 bits per heavy atom. The number of nitrogens with one attached hydrogen (secondary N) is 2. The minimum Gasteiger partial charge on any atom is -0.434 e. The van der Waals surface area contributed by atoms with E-state index in [1.165, 1.54) is 12.1 Å². The molecule has 0 atom stereocenters. The van der Waals surface area contributed by atoms with Crippen molar-refractivity contribution in [2.45, 2.75) is 13.5 Å². The number of benzene rings is 3. The SMILES string of the molecule is CCOC(=O)Oc1ccc(C(=O)NCc2ccccc2NC(=O)c2ccccc2Br)cc1. The lowest BCUT2D eigenvalue weighted by Gasteiger charge is -2.13. The fourth-order valence-electron chi connectivity index (χ4n) is 2.83. The first-order valence-electron chi connectivity index (χ1n) is 9.84. The number of anilines is 1. The van der Waals surface area contributed by atoms with Crippen LogP contribution < -0.4 is 15.4 Å². The molecule has 0 aliphatic rings. The van der Waals surface area contributed by atoms with Crippen LogP contribution in [-0.2, 0) is 11.3 Å². The van der Waals surface area contributed by atoms with Gasteiger partial charge in [-0.25, -0.2) is 4.79 Å². The van der Waals surface area contributed by atoms with Crippen molar-refractivity contribution in [1.29, 1.82) is 0 Å². The van der Waals surface area contributed by atoms with Crippen LogP contribution in [0.15, 0.2) is 77.3 Å². The summed E-state index contributed by atoms with van der Waals surface area (Å²) in [4.78, 5) is 36.5. The fourth-order valence-corrected chi connectivity index (χ4v) is 3.29. The summed E-state index contributed by atoms with van der Waals surface area (Å²) in [6, 6.07) is 20.5. The summed E-state index contributed by atoms with van der Waals surface area (Å²) in [7, 11) is 0. The minimum atomic E-state index is -0.800. The van der Waals surface area contributed by atoms with Crippen LogP contribution in [0.3, 0.4) is 0 Å². The van der Waals surface area contributed by atoms with Crippen molar-refractivity contribution in [2.24, 2.45) is 0 Å². The van der Waals surface area contributed by atoms with Crippen LogP contribution in [0.1, 0.15) is 33.2 Å². The molecule has 0 aromatic heterocycles. The Bertz CT molecular complexity index is 1120. The van der Waals surface area contributed by atoms with Gasteiger partial charge in [0.05, 0.1) is 12.2 Å². The Hall–Kier alpha value is -3.65. The maximum absolute atomic E-state index is 12.6. The monoisotopic (exact) mass is 496 g/mol. The summed E-state index contributed by atoms with van der Waals surface area (Å²) in [5, 5.41) is 5.72. The lowest BCUT2D eigenvalue weighted by atomic mass is 10.1. The highest BCUT2D eigenvalue weighted by Gasteiger charge is 2.13. The molecule has 2 N–H and O–H groups in total. The number of amides is 2. The van der Waals surface area contributed by atoms with Crippen molar-refractivity contribution in [3.63, 3.8) is 0 Å². The number of para-hydroxylation sites is 1. The third kappa shape index (κ3) is 6.18. The zero-order chi connectivity index (χ0) is 22.9. The Kier molecular flexibility index (Phi) is 7.99. The summed E-state index contributed by atoms with van der Waals surface area (Å²) in [6.45, 7) is 2.11. The van der Waals surface area contributed by atoms with Crippen molar-refractivity contribution in [2.75, 3.05) is 11.9 Å². The predicted molar refractivity (Wildman–Crippen MR) is 124 cm³/mol. The molecule has 0 aliphatic carbocycles. The molecule has 0 aliphatic heterocycles. The molecule has 2 amide bonds. The van der Waals surface area contributed by atoms with Gasteiger partial charge in [0.25, 0.3) is 11.8 Å². The molecule has 0 fully saturated rings. The van der Waals surface area contributed by atoms with Crippen LogP contribution in [0.4, 0.5) is 10.5 Å². The van der Waals surface area contributed by atoms with Gasteiger partial charge in [-0.2, -0.15) is 0 Å². The molecule has 0 unspecified atom stereocenters. The first-order valence-corrected chi connectivity index (χ1v) is 10.6. The molecule has 164 valence electrons. The van der Waals surface area contributed by atoms with E-state index in [2.05, 4.69) is 26.6 Å². The average molecular weight is 497 g/mol. The predicted octanol–water partition coefficient (Wildman–Crippen LogP) is 5.17. The Balaban J connectivity index is 1.62. The van der Waals surface area contributed by atoms with Crippen molar-refractivity contribution < 1.29 is 23.9 Å². The molecule has 0 heterocycles. The van der Waals surface area contributed by atoms with Gasteiger partial charge < -0.3 is 20.1 Å². The zero-order valence-electron chi connectivity index (χ0n) is 17.3. The highest BCUT2D eigenvalue weighted by Crippen LogP contribution is 2.20. The van der Waals surface area contributed by atoms with Gasteiger partial charge in [-0.3, -0.25) is 9.59 Å². The van der Waals surface area contributed by atoms with Gasteiger partial charge in [0.1, 0.15) is 5.75 Å². The summed E-state index contributed by atoms with van der Waals surface area (Å²) < 4.78 is 10.4. The van der Waals surface area contributed by atoms with Gasteiger partial charge in [0, 0.05) is 22.3 Å². The Morgan fingerprint density at radius 2 is 1.56 bits per heavy atom. The smallest absolute Gasteiger partial charge is 0.434 e. The topological polar surface area (TPSA) is 93.7 Å². The van der Waals surface area contributed by atoms with E-state index < -0.39 is 6.16 Å². The van der Waals surface area contributed by atoms with E-state index >= 15 is 0 Å². The number of halogens is 1. The molecule has 8 heteroatoms. The molecular formula is C24H21BrN2O5. The van der Waals surface area contributed by atoms with Gasteiger partial charge in [0.15, 0.2) is 0 Å². The molecule has 3 rings (SSSR count). The maximum Gasteiger partial charge on any atom is 0.513 e. The summed E-state index contributed by atoms with van der Waals surface area (Å²) >= 11 is 3.38. The van der Waals surface area contributed by atoms with Crippen LogP contribution in [-0.4, -0.2) is 24.6 Å². The second kappa shape index (κ2) is 11.1. The second-order valence-electron chi connectivity index (χ2n) is 6.58. The molecule has 3 aromatic rings. The summed E-state index contributed by atoms with van der Waals surface area (Å²) in [5.41, 5.74) is 2.27. The molecule has 0 saturated carbocycles. The number of ether oxygens (including phenoxy) is 2. The standard InChI is InChI=1S/C24H21BrN2O5/c1-2-31-24(30)32-18-13-11-16(12-14-18)22(28)26-15-17-7-3-6-10-21(17)27-23(29)19-8-4-5-9-20(19)25/h3-14H,2,15H2,1H3,(H,26,28)(H,27,29). The third-order valence-corrected chi connectivity index (χ3v) is 5.09. The van der Waals surface area contributed by atoms with Crippen molar-refractivity contribution >= 4 is 39.6 Å². The average Bonchev–Trinajstić information content (AvgIpc) is 2.79. The molecule has 0 radical (unpaired) electrons. The number of carbonyl (C=O) groups is 3. The highest BCUT2D eigenvalue weighted by molar-refractivity contribution is 9.10. The van der Waals surface area contributed by atoms with Crippen LogP contribution in [0.25, 0.3) is 0 Å². The zero-order valence-corrected chi connectivity index (χ0v) is 18.8. The number of hydrogen-bond donors (Lipinski definition) is 2. The maximum atomic E-state index is 12.6. The third-order valence-electron chi connectivity index (χ3n) is 4.40. The minimum absolute atomic E-state index is 0.212. The quantitative estimate of drug-likeness (QED) is 0.347. The van der Waals surface area contributed by atoms with Gasteiger partial charge in [0.2, 0.25) is 0 Å². The number of rotatable bonds is 7. The largest absolute Gasteiger partial charge is 0.513 e.